The maximum absolute atomic E-state index is 12.7. The van der Waals surface area contributed by atoms with Crippen LogP contribution in [0, 0.1) is 0 Å². The molecule has 0 bridgehead atoms. The van der Waals surface area contributed by atoms with Gasteiger partial charge in [-0.2, -0.15) is 0 Å². The van der Waals surface area contributed by atoms with Crippen LogP contribution in [0.4, 0.5) is 10.5 Å². The normalized spacial score (nSPS) is 14.2. The molecule has 0 aliphatic heterocycles. The number of anilines is 1. The van der Waals surface area contributed by atoms with Crippen molar-refractivity contribution in [2.45, 2.75) is 43.8 Å². The third-order valence-corrected chi connectivity index (χ3v) is 10.1. The van der Waals surface area contributed by atoms with Crippen LogP contribution < -0.4 is 10.6 Å². The molecule has 252 valence electrons. The quantitative estimate of drug-likeness (QED) is 0.0978. The second-order valence-electron chi connectivity index (χ2n) is 12.6. The maximum atomic E-state index is 12.7. The summed E-state index contributed by atoms with van der Waals surface area (Å²) < 4.78 is 2.99. The SMILES string of the molecule is O=C(NCCCN(Cc1nnnn1C(c1ccccc1)(c1ccccc1)c1ccccc1)C1CCCc2ccccc21)Nc1ccc(Br)cc1. The van der Waals surface area contributed by atoms with Gasteiger partial charge >= 0.3 is 6.03 Å². The van der Waals surface area contributed by atoms with E-state index in [1.54, 1.807) is 0 Å². The smallest absolute Gasteiger partial charge is 0.319 e. The number of carbonyl (C=O) groups excluding carboxylic acids is 1. The first kappa shape index (κ1) is 33.4. The van der Waals surface area contributed by atoms with Gasteiger partial charge in [-0.1, -0.05) is 131 Å². The van der Waals surface area contributed by atoms with E-state index in [2.05, 4.69) is 134 Å². The number of tetrazole rings is 1. The number of fused-ring (bicyclic) bond motifs is 1. The maximum Gasteiger partial charge on any atom is 0.319 e. The number of rotatable bonds is 12. The summed E-state index contributed by atoms with van der Waals surface area (Å²) in [6.45, 7) is 1.81. The monoisotopic (exact) mass is 725 g/mol. The number of benzene rings is 5. The Labute approximate surface area is 301 Å². The van der Waals surface area contributed by atoms with Crippen molar-refractivity contribution < 1.29 is 4.79 Å². The van der Waals surface area contributed by atoms with Gasteiger partial charge in [0.2, 0.25) is 0 Å². The first-order chi connectivity index (χ1) is 24.6. The lowest BCUT2D eigenvalue weighted by molar-refractivity contribution is 0.158. The van der Waals surface area contributed by atoms with Crippen molar-refractivity contribution in [3.8, 4) is 0 Å². The molecule has 0 radical (unpaired) electrons. The lowest BCUT2D eigenvalue weighted by Crippen LogP contribution is -2.42. The van der Waals surface area contributed by atoms with E-state index in [0.29, 0.717) is 13.1 Å². The van der Waals surface area contributed by atoms with Crippen LogP contribution in [0.1, 0.15) is 58.9 Å². The summed E-state index contributed by atoms with van der Waals surface area (Å²) in [5.74, 6) is 0.769. The molecule has 1 unspecified atom stereocenters. The average molecular weight is 727 g/mol. The van der Waals surface area contributed by atoms with Crippen molar-refractivity contribution in [3.63, 3.8) is 0 Å². The van der Waals surface area contributed by atoms with Crippen molar-refractivity contribution in [2.75, 3.05) is 18.4 Å². The van der Waals surface area contributed by atoms with E-state index in [1.165, 1.54) is 11.1 Å². The molecule has 0 fully saturated rings. The van der Waals surface area contributed by atoms with E-state index in [-0.39, 0.29) is 12.1 Å². The number of aryl methyl sites for hydroxylation is 1. The van der Waals surface area contributed by atoms with Gasteiger partial charge in [-0.05, 0) is 88.2 Å². The van der Waals surface area contributed by atoms with Gasteiger partial charge < -0.3 is 10.6 Å². The molecule has 1 aromatic heterocycles. The van der Waals surface area contributed by atoms with Crippen LogP contribution in [0.3, 0.4) is 0 Å². The van der Waals surface area contributed by atoms with Crippen molar-refractivity contribution in [3.05, 3.63) is 178 Å². The molecule has 8 nitrogen and oxygen atoms in total. The Bertz CT molecular complexity index is 1890. The summed E-state index contributed by atoms with van der Waals surface area (Å²) in [5, 5.41) is 19.8. The van der Waals surface area contributed by atoms with Gasteiger partial charge in [0.05, 0.1) is 6.54 Å². The Morgan fingerprint density at radius 2 is 1.40 bits per heavy atom. The summed E-state index contributed by atoms with van der Waals surface area (Å²) >= 11 is 3.44. The lowest BCUT2D eigenvalue weighted by Gasteiger charge is -2.38. The highest BCUT2D eigenvalue weighted by atomic mass is 79.9. The number of hydrogen-bond donors (Lipinski definition) is 2. The molecule has 0 spiro atoms. The fourth-order valence-electron chi connectivity index (χ4n) is 7.30. The van der Waals surface area contributed by atoms with Crippen molar-refractivity contribution in [1.29, 1.82) is 0 Å². The summed E-state index contributed by atoms with van der Waals surface area (Å²) in [6, 6.07) is 47.8. The van der Waals surface area contributed by atoms with E-state index in [9.17, 15) is 4.79 Å². The zero-order chi connectivity index (χ0) is 34.2. The molecule has 1 aliphatic rings. The number of nitrogens with zero attached hydrogens (tertiary/aromatic N) is 5. The topological polar surface area (TPSA) is 88.0 Å². The van der Waals surface area contributed by atoms with Crippen molar-refractivity contribution >= 4 is 27.6 Å². The van der Waals surface area contributed by atoms with E-state index < -0.39 is 5.54 Å². The minimum atomic E-state index is -0.814. The number of urea groups is 1. The van der Waals surface area contributed by atoms with Crippen LogP contribution in [-0.4, -0.2) is 44.2 Å². The molecule has 50 heavy (non-hydrogen) atoms. The predicted molar refractivity (Wildman–Crippen MR) is 201 cm³/mol. The van der Waals surface area contributed by atoms with Crippen molar-refractivity contribution in [1.82, 2.24) is 30.4 Å². The Morgan fingerprint density at radius 3 is 2.04 bits per heavy atom. The van der Waals surface area contributed by atoms with E-state index in [0.717, 1.165) is 64.9 Å². The van der Waals surface area contributed by atoms with Crippen LogP contribution in [0.15, 0.2) is 144 Å². The van der Waals surface area contributed by atoms with Gasteiger partial charge in [0.15, 0.2) is 5.82 Å². The van der Waals surface area contributed by atoms with Crippen LogP contribution in [0.2, 0.25) is 0 Å². The summed E-state index contributed by atoms with van der Waals surface area (Å²) in [5.41, 5.74) is 5.90. The van der Waals surface area contributed by atoms with E-state index >= 15 is 0 Å². The highest BCUT2D eigenvalue weighted by molar-refractivity contribution is 9.10. The molecular weight excluding hydrogens is 686 g/mol. The third kappa shape index (κ3) is 7.11. The van der Waals surface area contributed by atoms with Gasteiger partial charge in [0, 0.05) is 29.3 Å². The molecule has 1 atom stereocenters. The molecule has 9 heteroatoms. The lowest BCUT2D eigenvalue weighted by atomic mass is 9.77. The number of amides is 2. The van der Waals surface area contributed by atoms with Crippen LogP contribution in [0.5, 0.6) is 0 Å². The van der Waals surface area contributed by atoms with Crippen LogP contribution >= 0.6 is 15.9 Å². The summed E-state index contributed by atoms with van der Waals surface area (Å²) in [7, 11) is 0. The third-order valence-electron chi connectivity index (χ3n) is 9.56. The highest BCUT2D eigenvalue weighted by Gasteiger charge is 2.42. The molecule has 5 aromatic carbocycles. The zero-order valence-electron chi connectivity index (χ0n) is 27.8. The molecule has 1 aliphatic carbocycles. The summed E-state index contributed by atoms with van der Waals surface area (Å²) in [6.07, 6.45) is 3.99. The average Bonchev–Trinajstić information content (AvgIpc) is 3.63. The van der Waals surface area contributed by atoms with Gasteiger partial charge in [-0.25, -0.2) is 9.48 Å². The molecule has 2 N–H and O–H groups in total. The molecule has 6 aromatic rings. The van der Waals surface area contributed by atoms with E-state index in [4.69, 9.17) is 10.3 Å². The van der Waals surface area contributed by atoms with Gasteiger partial charge in [-0.15, -0.1) is 5.10 Å². The number of aromatic nitrogens is 4. The second kappa shape index (κ2) is 15.6. The largest absolute Gasteiger partial charge is 0.338 e. The first-order valence-electron chi connectivity index (χ1n) is 17.2. The highest BCUT2D eigenvalue weighted by Crippen LogP contribution is 2.41. The van der Waals surface area contributed by atoms with Crippen molar-refractivity contribution in [2.24, 2.45) is 0 Å². The Morgan fingerprint density at radius 1 is 0.800 bits per heavy atom. The minimum Gasteiger partial charge on any atom is -0.338 e. The second-order valence-corrected chi connectivity index (χ2v) is 13.5. The molecule has 0 saturated carbocycles. The first-order valence-corrected chi connectivity index (χ1v) is 18.0. The Kier molecular flexibility index (Phi) is 10.4. The number of halogens is 1. The van der Waals surface area contributed by atoms with E-state index in [1.807, 2.05) is 47.1 Å². The van der Waals surface area contributed by atoms with Gasteiger partial charge in [0.25, 0.3) is 0 Å². The standard InChI is InChI=1S/C41H40BrN7O/c42-35-24-26-36(27-25-35)44-40(50)43-28-13-29-48(38-23-12-15-31-14-10-11-22-37(31)38)30-39-45-46-47-49(39)41(32-16-4-1-5-17-32,33-18-6-2-7-19-33)34-20-8-3-9-21-34/h1-11,14,16-22,24-27,38H,12-13,15,23,28-30H2,(H2,43,44,50). The molecular formula is C41H40BrN7O. The Balaban J connectivity index is 1.22. The zero-order valence-corrected chi connectivity index (χ0v) is 29.4. The van der Waals surface area contributed by atoms with Crippen LogP contribution in [0.25, 0.3) is 0 Å². The van der Waals surface area contributed by atoms with Crippen LogP contribution in [-0.2, 0) is 18.5 Å². The van der Waals surface area contributed by atoms with Gasteiger partial charge in [0.1, 0.15) is 5.54 Å². The van der Waals surface area contributed by atoms with Gasteiger partial charge in [-0.3, -0.25) is 4.90 Å². The number of carbonyl (C=O) groups is 1. The predicted octanol–water partition coefficient (Wildman–Crippen LogP) is 8.37. The summed E-state index contributed by atoms with van der Waals surface area (Å²) in [4.78, 5) is 15.2. The fourth-order valence-corrected chi connectivity index (χ4v) is 7.56. The minimum absolute atomic E-state index is 0.196. The molecule has 7 rings (SSSR count). The fraction of sp³-hybridized carbons (Fsp3) is 0.220. The molecule has 1 heterocycles. The number of nitrogens with one attached hydrogen (secondary N) is 2. The molecule has 2 amide bonds. The molecule has 0 saturated heterocycles. The number of hydrogen-bond acceptors (Lipinski definition) is 5. The Hall–Kier alpha value is -5.12.